The number of hydrogen-bond acceptors (Lipinski definition) is 8. The van der Waals surface area contributed by atoms with Gasteiger partial charge in [-0.05, 0) is 37.8 Å². The Morgan fingerprint density at radius 1 is 1.31 bits per heavy atom. The summed E-state index contributed by atoms with van der Waals surface area (Å²) in [6.45, 7) is 0. The lowest BCUT2D eigenvalue weighted by atomic mass is 9.89. The summed E-state index contributed by atoms with van der Waals surface area (Å²) in [4.78, 5) is 4.23. The molecule has 11 heteroatoms. The van der Waals surface area contributed by atoms with Crippen LogP contribution in [0.1, 0.15) is 43.3 Å². The average molecular weight is 463 g/mol. The number of nitrogen functional groups attached to an aromatic ring is 1. The molecule has 0 saturated carbocycles. The van der Waals surface area contributed by atoms with Gasteiger partial charge in [0.25, 0.3) is 0 Å². The first kappa shape index (κ1) is 21.3. The van der Waals surface area contributed by atoms with E-state index >= 15 is 0 Å². The molecule has 0 amide bonds. The largest absolute Gasteiger partial charge is 0.389 e. The van der Waals surface area contributed by atoms with Gasteiger partial charge in [-0.3, -0.25) is 4.68 Å². The molecule has 6 N–H and O–H groups in total. The second-order valence-electron chi connectivity index (χ2n) is 8.33. The Bertz CT molecular complexity index is 1150. The molecule has 2 fully saturated rings. The summed E-state index contributed by atoms with van der Waals surface area (Å²) >= 11 is 0.910. The van der Waals surface area contributed by atoms with E-state index < -0.39 is 23.5 Å². The molecule has 2 aliphatic heterocycles. The van der Waals surface area contributed by atoms with Crippen molar-refractivity contribution in [3.05, 3.63) is 47.4 Å². The van der Waals surface area contributed by atoms with E-state index in [2.05, 4.69) is 15.4 Å². The molecule has 0 spiro atoms. The predicted octanol–water partition coefficient (Wildman–Crippen LogP) is 3.00. The molecule has 1 aromatic carbocycles. The Morgan fingerprint density at radius 3 is 2.78 bits per heavy atom. The van der Waals surface area contributed by atoms with Gasteiger partial charge in [-0.2, -0.15) is 5.10 Å². The minimum absolute atomic E-state index is 0.00355. The van der Waals surface area contributed by atoms with Crippen molar-refractivity contribution in [3.8, 4) is 10.6 Å². The summed E-state index contributed by atoms with van der Waals surface area (Å²) in [6, 6.07) is 3.60. The highest BCUT2D eigenvalue weighted by Gasteiger charge is 2.50. The molecular formula is C21H24F2N6O2S. The third-order valence-electron chi connectivity index (χ3n) is 6.35. The number of hydrogen-bond donors (Lipinski definition) is 4. The van der Waals surface area contributed by atoms with E-state index in [1.807, 2.05) is 7.05 Å². The van der Waals surface area contributed by atoms with E-state index in [1.54, 1.807) is 10.9 Å². The number of thiazole rings is 1. The number of aliphatic hydroxyl groups excluding tert-OH is 1. The number of aliphatic hydroxyl groups is 1. The van der Waals surface area contributed by atoms with E-state index in [0.717, 1.165) is 54.8 Å². The topological polar surface area (TPSA) is 124 Å². The van der Waals surface area contributed by atoms with Gasteiger partial charge in [0, 0.05) is 13.1 Å². The summed E-state index contributed by atoms with van der Waals surface area (Å²) in [7, 11) is 1.82. The summed E-state index contributed by atoms with van der Waals surface area (Å²) in [5.74, 6) is -1.49. The zero-order valence-corrected chi connectivity index (χ0v) is 18.2. The third-order valence-corrected chi connectivity index (χ3v) is 7.27. The standard InChI is InChI=1S/C21H24F2N6O2S/c1-29-17(21-7-5-12(24)14(31-21)6-8-21)13(9-26-29)27-19(30)16-18(25)32-20(28-16)15-10(22)3-2-4-11(15)23/h2-4,9,12,14,19,27,30H,5-8,24-25H2,1H3/t12-,14+,19?,21+/m1/s1. The van der Waals surface area contributed by atoms with Crippen LogP contribution in [0.2, 0.25) is 0 Å². The zero-order valence-electron chi connectivity index (χ0n) is 17.4. The Kier molecular flexibility index (Phi) is 5.16. The molecule has 2 aliphatic rings. The van der Waals surface area contributed by atoms with Crippen molar-refractivity contribution in [1.29, 1.82) is 0 Å². The Morgan fingerprint density at radius 2 is 2.03 bits per heavy atom. The van der Waals surface area contributed by atoms with Crippen LogP contribution in [0.3, 0.4) is 0 Å². The van der Waals surface area contributed by atoms with E-state index in [-0.39, 0.29) is 33.4 Å². The zero-order chi connectivity index (χ0) is 22.6. The Hall–Kier alpha value is -2.60. The van der Waals surface area contributed by atoms with Crippen LogP contribution in [-0.4, -0.2) is 32.0 Å². The maximum absolute atomic E-state index is 14.2. The van der Waals surface area contributed by atoms with Crippen LogP contribution in [0.5, 0.6) is 0 Å². The molecule has 0 radical (unpaired) electrons. The summed E-state index contributed by atoms with van der Waals surface area (Å²) in [5, 5.41) is 18.4. The van der Waals surface area contributed by atoms with Gasteiger partial charge in [0.05, 0.1) is 29.2 Å². The molecule has 4 heterocycles. The fourth-order valence-corrected chi connectivity index (χ4v) is 5.71. The Balaban J connectivity index is 1.44. The maximum Gasteiger partial charge on any atom is 0.171 e. The van der Waals surface area contributed by atoms with Crippen LogP contribution in [0.15, 0.2) is 24.4 Å². The number of nitrogens with zero attached hydrogens (tertiary/aromatic N) is 3. The minimum atomic E-state index is -1.31. The van der Waals surface area contributed by atoms with Crippen LogP contribution < -0.4 is 16.8 Å². The van der Waals surface area contributed by atoms with Gasteiger partial charge in [-0.15, -0.1) is 0 Å². The van der Waals surface area contributed by atoms with Gasteiger partial charge in [-0.1, -0.05) is 17.4 Å². The molecule has 2 saturated heterocycles. The van der Waals surface area contributed by atoms with Crippen molar-refractivity contribution in [3.63, 3.8) is 0 Å². The number of nitrogens with two attached hydrogens (primary N) is 2. The average Bonchev–Trinajstić information content (AvgIpc) is 3.42. The van der Waals surface area contributed by atoms with Crippen LogP contribution in [0.4, 0.5) is 19.5 Å². The molecule has 1 unspecified atom stereocenters. The maximum atomic E-state index is 14.2. The number of aryl methyl sites for hydroxylation is 1. The van der Waals surface area contributed by atoms with E-state index in [9.17, 15) is 13.9 Å². The van der Waals surface area contributed by atoms with Gasteiger partial charge >= 0.3 is 0 Å². The molecule has 4 atom stereocenters. The lowest BCUT2D eigenvalue weighted by Gasteiger charge is -2.37. The summed E-state index contributed by atoms with van der Waals surface area (Å²) in [6.07, 6.45) is 3.58. The highest BCUT2D eigenvalue weighted by atomic mass is 32.1. The van der Waals surface area contributed by atoms with Crippen LogP contribution in [0.25, 0.3) is 10.6 Å². The van der Waals surface area contributed by atoms with Gasteiger partial charge in [0.1, 0.15) is 32.9 Å². The van der Waals surface area contributed by atoms with Crippen molar-refractivity contribution in [2.24, 2.45) is 12.8 Å². The first-order valence-electron chi connectivity index (χ1n) is 10.4. The highest BCUT2D eigenvalue weighted by molar-refractivity contribution is 7.18. The molecular weight excluding hydrogens is 438 g/mol. The fourth-order valence-electron chi connectivity index (χ4n) is 4.79. The number of fused-ring (bicyclic) bond motifs is 2. The van der Waals surface area contributed by atoms with Crippen molar-refractivity contribution >= 4 is 22.0 Å². The number of ether oxygens (including phenoxy) is 1. The van der Waals surface area contributed by atoms with Crippen LogP contribution in [-0.2, 0) is 17.4 Å². The quantitative estimate of drug-likeness (QED) is 0.430. The SMILES string of the molecule is Cn1ncc(NC(O)c2nc(-c3c(F)cccc3F)sc2N)c1[C@]12CC[C@@H](N)[C@H](CC1)O2. The number of nitrogens with one attached hydrogen (secondary N) is 1. The fraction of sp³-hybridized carbons (Fsp3) is 0.429. The van der Waals surface area contributed by atoms with Gasteiger partial charge < -0.3 is 26.6 Å². The third kappa shape index (κ3) is 3.36. The number of benzene rings is 1. The normalized spacial score (nSPS) is 25.8. The summed E-state index contributed by atoms with van der Waals surface area (Å²) in [5.41, 5.74) is 12.9. The van der Waals surface area contributed by atoms with E-state index in [0.29, 0.717) is 5.69 Å². The smallest absolute Gasteiger partial charge is 0.171 e. The van der Waals surface area contributed by atoms with Crippen molar-refractivity contribution in [1.82, 2.24) is 14.8 Å². The molecule has 2 bridgehead atoms. The number of aromatic nitrogens is 3. The molecule has 0 aliphatic carbocycles. The van der Waals surface area contributed by atoms with Crippen LogP contribution in [0, 0.1) is 11.6 Å². The lowest BCUT2D eigenvalue weighted by Crippen LogP contribution is -2.43. The monoisotopic (exact) mass is 462 g/mol. The molecule has 8 nitrogen and oxygen atoms in total. The van der Waals surface area contributed by atoms with Gasteiger partial charge in [-0.25, -0.2) is 13.8 Å². The Labute approximate surface area is 187 Å². The molecule has 170 valence electrons. The highest BCUT2D eigenvalue weighted by Crippen LogP contribution is 2.50. The second-order valence-corrected chi connectivity index (χ2v) is 9.36. The van der Waals surface area contributed by atoms with Gasteiger partial charge in [0.15, 0.2) is 6.23 Å². The van der Waals surface area contributed by atoms with Crippen molar-refractivity contribution in [2.45, 2.75) is 49.7 Å². The first-order valence-corrected chi connectivity index (χ1v) is 11.2. The number of halogens is 2. The van der Waals surface area contributed by atoms with Crippen molar-refractivity contribution < 1.29 is 18.6 Å². The first-order chi connectivity index (χ1) is 15.3. The second kappa shape index (κ2) is 7.77. The molecule has 3 aromatic rings. The number of anilines is 2. The number of rotatable bonds is 5. The molecule has 5 rings (SSSR count). The van der Waals surface area contributed by atoms with Crippen molar-refractivity contribution in [2.75, 3.05) is 11.1 Å². The molecule has 2 aromatic heterocycles. The van der Waals surface area contributed by atoms with E-state index in [1.165, 1.54) is 6.07 Å². The van der Waals surface area contributed by atoms with E-state index in [4.69, 9.17) is 16.2 Å². The molecule has 32 heavy (non-hydrogen) atoms. The predicted molar refractivity (Wildman–Crippen MR) is 117 cm³/mol. The summed E-state index contributed by atoms with van der Waals surface area (Å²) < 4.78 is 36.4. The minimum Gasteiger partial charge on any atom is -0.389 e. The lowest BCUT2D eigenvalue weighted by molar-refractivity contribution is -0.0942. The van der Waals surface area contributed by atoms with Gasteiger partial charge in [0.2, 0.25) is 0 Å². The van der Waals surface area contributed by atoms with Crippen LogP contribution >= 0.6 is 11.3 Å².